The van der Waals surface area contributed by atoms with Crippen LogP contribution in [0.5, 0.6) is 0 Å². The number of carbonyl (C=O) groups excluding carboxylic acids is 2. The van der Waals surface area contributed by atoms with Crippen LogP contribution in [-0.2, 0) is 24.3 Å². The molecule has 0 unspecified atom stereocenters. The van der Waals surface area contributed by atoms with E-state index in [1.165, 1.54) is 25.1 Å². The highest BCUT2D eigenvalue weighted by Crippen LogP contribution is 2.23. The highest BCUT2D eigenvalue weighted by atomic mass is 32.2. The van der Waals surface area contributed by atoms with Crippen molar-refractivity contribution in [1.82, 2.24) is 10.0 Å². The average molecular weight is 407 g/mol. The molecule has 1 amide bonds. The molecular formula is C19H25N3O5S. The number of nitrogens with one attached hydrogen (secondary N) is 2. The van der Waals surface area contributed by atoms with Gasteiger partial charge in [0.15, 0.2) is 6.10 Å². The summed E-state index contributed by atoms with van der Waals surface area (Å²) < 4.78 is 31.7. The average Bonchev–Trinajstić information content (AvgIpc) is 2.68. The third kappa shape index (κ3) is 5.78. The molecule has 28 heavy (non-hydrogen) atoms. The van der Waals surface area contributed by atoms with Crippen LogP contribution in [0.2, 0.25) is 0 Å². The van der Waals surface area contributed by atoms with Crippen molar-refractivity contribution in [1.29, 1.82) is 5.26 Å². The van der Waals surface area contributed by atoms with Crippen molar-refractivity contribution < 1.29 is 22.7 Å². The van der Waals surface area contributed by atoms with Crippen molar-refractivity contribution in [3.8, 4) is 6.07 Å². The molecule has 8 nitrogen and oxygen atoms in total. The normalized spacial score (nSPS) is 20.6. The molecule has 1 aromatic rings. The van der Waals surface area contributed by atoms with Crippen molar-refractivity contribution in [2.24, 2.45) is 5.92 Å². The molecule has 1 aromatic carbocycles. The van der Waals surface area contributed by atoms with Gasteiger partial charge in [-0.25, -0.2) is 8.42 Å². The van der Waals surface area contributed by atoms with Crippen LogP contribution in [0.1, 0.15) is 45.1 Å². The molecular weight excluding hydrogens is 382 g/mol. The van der Waals surface area contributed by atoms with Crippen molar-refractivity contribution in [3.63, 3.8) is 0 Å². The van der Waals surface area contributed by atoms with Gasteiger partial charge in [0.1, 0.15) is 12.6 Å². The van der Waals surface area contributed by atoms with Gasteiger partial charge < -0.3 is 10.1 Å². The van der Waals surface area contributed by atoms with Crippen LogP contribution in [0.25, 0.3) is 0 Å². The van der Waals surface area contributed by atoms with Crippen molar-refractivity contribution in [3.05, 3.63) is 29.8 Å². The summed E-state index contributed by atoms with van der Waals surface area (Å²) in [6, 6.07) is 7.51. The quantitative estimate of drug-likeness (QED) is 0.659. The molecule has 3 atom stereocenters. The van der Waals surface area contributed by atoms with Crippen LogP contribution in [0.15, 0.2) is 29.2 Å². The van der Waals surface area contributed by atoms with Crippen molar-refractivity contribution in [2.75, 3.05) is 6.54 Å². The number of amides is 1. The van der Waals surface area contributed by atoms with E-state index in [0.29, 0.717) is 5.92 Å². The molecule has 1 aliphatic carbocycles. The number of esters is 1. The highest BCUT2D eigenvalue weighted by Gasteiger charge is 2.27. The van der Waals surface area contributed by atoms with Gasteiger partial charge in [-0.05, 0) is 37.8 Å². The minimum Gasteiger partial charge on any atom is -0.452 e. The predicted octanol–water partition coefficient (Wildman–Crippen LogP) is 1.46. The first-order chi connectivity index (χ1) is 13.2. The number of ether oxygens (including phenoxy) is 1. The van der Waals surface area contributed by atoms with E-state index in [1.807, 2.05) is 0 Å². The summed E-state index contributed by atoms with van der Waals surface area (Å²) in [6.07, 6.45) is 3.11. The monoisotopic (exact) mass is 407 g/mol. The van der Waals surface area contributed by atoms with Gasteiger partial charge in [0.2, 0.25) is 10.0 Å². The number of nitriles is 1. The molecule has 0 aromatic heterocycles. The number of hydrogen-bond donors (Lipinski definition) is 2. The third-order valence-corrected chi connectivity index (χ3v) is 6.28. The number of sulfonamides is 1. The standard InChI is InChI=1S/C19H25N3O5S/c1-13-7-3-5-9-16(13)22-19(24)14(2)27-18(23)12-21-28(25,26)17-10-6-4-8-15(17)11-20/h4,6,8,10,13-14,16,21H,3,5,7,9,12H2,1-2H3,(H,22,24)/t13-,14-,16+/m1/s1. The first-order valence-electron chi connectivity index (χ1n) is 9.23. The first-order valence-corrected chi connectivity index (χ1v) is 10.7. The second kappa shape index (κ2) is 9.66. The van der Waals surface area contributed by atoms with Crippen LogP contribution in [-0.4, -0.2) is 39.0 Å². The van der Waals surface area contributed by atoms with Gasteiger partial charge >= 0.3 is 5.97 Å². The molecule has 2 N–H and O–H groups in total. The smallest absolute Gasteiger partial charge is 0.321 e. The zero-order valence-corrected chi connectivity index (χ0v) is 16.8. The van der Waals surface area contributed by atoms with Gasteiger partial charge in [0.25, 0.3) is 5.91 Å². The number of hydrogen-bond acceptors (Lipinski definition) is 6. The lowest BCUT2D eigenvalue weighted by Gasteiger charge is -2.30. The Morgan fingerprint density at radius 3 is 2.64 bits per heavy atom. The Bertz CT molecular complexity index is 863. The Balaban J connectivity index is 1.87. The second-order valence-corrected chi connectivity index (χ2v) is 8.68. The molecule has 0 heterocycles. The number of nitrogens with zero attached hydrogens (tertiary/aromatic N) is 1. The second-order valence-electron chi connectivity index (χ2n) is 6.94. The SMILES string of the molecule is C[C@@H]1CCCC[C@@H]1NC(=O)[C@@H](C)OC(=O)CNS(=O)(=O)c1ccccc1C#N. The summed E-state index contributed by atoms with van der Waals surface area (Å²) in [7, 11) is -4.06. The minimum atomic E-state index is -4.06. The lowest BCUT2D eigenvalue weighted by Crippen LogP contribution is -2.46. The largest absolute Gasteiger partial charge is 0.452 e. The van der Waals surface area contributed by atoms with Gasteiger partial charge in [0, 0.05) is 6.04 Å². The Labute approximate surface area is 165 Å². The van der Waals surface area contributed by atoms with Crippen molar-refractivity contribution in [2.45, 2.75) is 56.6 Å². The number of benzene rings is 1. The van der Waals surface area contributed by atoms with Crippen LogP contribution in [0.4, 0.5) is 0 Å². The molecule has 1 fully saturated rings. The van der Waals surface area contributed by atoms with E-state index in [0.717, 1.165) is 25.7 Å². The van der Waals surface area contributed by atoms with E-state index in [-0.39, 0.29) is 16.5 Å². The van der Waals surface area contributed by atoms with E-state index in [2.05, 4.69) is 17.0 Å². The molecule has 0 bridgehead atoms. The zero-order valence-electron chi connectivity index (χ0n) is 16.0. The summed E-state index contributed by atoms with van der Waals surface area (Å²) in [6.45, 7) is 2.88. The van der Waals surface area contributed by atoms with E-state index in [9.17, 15) is 18.0 Å². The summed E-state index contributed by atoms with van der Waals surface area (Å²) >= 11 is 0. The third-order valence-electron chi connectivity index (χ3n) is 4.82. The molecule has 0 saturated heterocycles. The Morgan fingerprint density at radius 1 is 1.29 bits per heavy atom. The van der Waals surface area contributed by atoms with Gasteiger partial charge in [-0.3, -0.25) is 9.59 Å². The maximum atomic E-state index is 12.3. The molecule has 9 heteroatoms. The van der Waals surface area contributed by atoms with Crippen LogP contribution in [0, 0.1) is 17.2 Å². The fourth-order valence-corrected chi connectivity index (χ4v) is 4.27. The Hall–Kier alpha value is -2.44. The number of rotatable bonds is 7. The van der Waals surface area contributed by atoms with Gasteiger partial charge in [-0.1, -0.05) is 31.9 Å². The van der Waals surface area contributed by atoms with Crippen LogP contribution < -0.4 is 10.0 Å². The molecule has 0 aliphatic heterocycles. The molecule has 1 aliphatic rings. The molecule has 0 spiro atoms. The van der Waals surface area contributed by atoms with Gasteiger partial charge in [-0.2, -0.15) is 9.98 Å². The van der Waals surface area contributed by atoms with E-state index in [4.69, 9.17) is 10.00 Å². The minimum absolute atomic E-state index is 0.0299. The molecule has 152 valence electrons. The maximum absolute atomic E-state index is 12.3. The van der Waals surface area contributed by atoms with Crippen LogP contribution >= 0.6 is 0 Å². The molecule has 1 saturated carbocycles. The van der Waals surface area contributed by atoms with E-state index in [1.54, 1.807) is 12.1 Å². The molecule has 0 radical (unpaired) electrons. The lowest BCUT2D eigenvalue weighted by atomic mass is 9.86. The maximum Gasteiger partial charge on any atom is 0.321 e. The van der Waals surface area contributed by atoms with Crippen molar-refractivity contribution >= 4 is 21.9 Å². The topological polar surface area (TPSA) is 125 Å². The summed E-state index contributed by atoms with van der Waals surface area (Å²) in [5.74, 6) is -0.908. The fraction of sp³-hybridized carbons (Fsp3) is 0.526. The van der Waals surface area contributed by atoms with Crippen LogP contribution in [0.3, 0.4) is 0 Å². The molecule has 2 rings (SSSR count). The Morgan fingerprint density at radius 2 is 1.96 bits per heavy atom. The summed E-state index contributed by atoms with van der Waals surface area (Å²) in [4.78, 5) is 24.0. The summed E-state index contributed by atoms with van der Waals surface area (Å²) in [5, 5.41) is 11.9. The van der Waals surface area contributed by atoms with E-state index >= 15 is 0 Å². The lowest BCUT2D eigenvalue weighted by molar-refractivity contribution is -0.154. The summed E-state index contributed by atoms with van der Waals surface area (Å²) in [5.41, 5.74) is -0.0299. The number of carbonyl (C=O) groups is 2. The zero-order chi connectivity index (χ0) is 20.7. The first kappa shape index (κ1) is 21.9. The predicted molar refractivity (Wildman–Crippen MR) is 101 cm³/mol. The highest BCUT2D eigenvalue weighted by molar-refractivity contribution is 7.89. The van der Waals surface area contributed by atoms with E-state index < -0.39 is 34.5 Å². The Kier molecular flexibility index (Phi) is 7.54. The van der Waals surface area contributed by atoms with Gasteiger partial charge in [-0.15, -0.1) is 0 Å². The van der Waals surface area contributed by atoms with Gasteiger partial charge in [0.05, 0.1) is 10.5 Å². The fourth-order valence-electron chi connectivity index (χ4n) is 3.15.